The van der Waals surface area contributed by atoms with Gasteiger partial charge in [0.15, 0.2) is 5.96 Å². The molecule has 2 heterocycles. The lowest BCUT2D eigenvalue weighted by Gasteiger charge is -2.22. The summed E-state index contributed by atoms with van der Waals surface area (Å²) in [5.74, 6) is 1.58. The summed E-state index contributed by atoms with van der Waals surface area (Å²) in [6, 6.07) is 10.7. The zero-order valence-electron chi connectivity index (χ0n) is 15.0. The number of amides is 1. The number of likely N-dealkylation sites (tertiary alicyclic amines) is 2. The van der Waals surface area contributed by atoms with Crippen molar-refractivity contribution in [3.8, 4) is 0 Å². The Labute approximate surface area is 167 Å². The van der Waals surface area contributed by atoms with Crippen LogP contribution in [0, 0.1) is 0 Å². The van der Waals surface area contributed by atoms with E-state index in [9.17, 15) is 4.79 Å². The first-order chi connectivity index (χ1) is 11.8. The molecular weight excluding hydrogens is 427 g/mol. The van der Waals surface area contributed by atoms with Gasteiger partial charge in [-0.15, -0.1) is 24.0 Å². The zero-order chi connectivity index (χ0) is 16.8. The van der Waals surface area contributed by atoms with Crippen molar-refractivity contribution >= 4 is 35.8 Å². The van der Waals surface area contributed by atoms with Gasteiger partial charge in [-0.05, 0) is 31.7 Å². The minimum Gasteiger partial charge on any atom is -0.357 e. The monoisotopic (exact) mass is 456 g/mol. The molecule has 1 amide bonds. The molecule has 2 aliphatic rings. The zero-order valence-corrected chi connectivity index (χ0v) is 17.3. The lowest BCUT2D eigenvalue weighted by atomic mass is 9.99. The smallest absolute Gasteiger partial charge is 0.244 e. The highest BCUT2D eigenvalue weighted by molar-refractivity contribution is 14.0. The molecule has 0 bridgehead atoms. The average molecular weight is 456 g/mol. The molecule has 0 saturated carbocycles. The van der Waals surface area contributed by atoms with Gasteiger partial charge < -0.3 is 15.1 Å². The molecule has 2 aliphatic heterocycles. The Hall–Kier alpha value is -1.31. The van der Waals surface area contributed by atoms with Crippen LogP contribution >= 0.6 is 24.0 Å². The van der Waals surface area contributed by atoms with E-state index in [0.29, 0.717) is 5.92 Å². The van der Waals surface area contributed by atoms with E-state index >= 15 is 0 Å². The van der Waals surface area contributed by atoms with Gasteiger partial charge in [0.05, 0.1) is 0 Å². The summed E-state index contributed by atoms with van der Waals surface area (Å²) in [7, 11) is 0. The van der Waals surface area contributed by atoms with Gasteiger partial charge in [0.2, 0.25) is 5.91 Å². The number of hydrogen-bond donors (Lipinski definition) is 1. The summed E-state index contributed by atoms with van der Waals surface area (Å²) in [6.45, 7) is 6.90. The first-order valence-electron chi connectivity index (χ1n) is 9.14. The van der Waals surface area contributed by atoms with E-state index in [1.54, 1.807) is 0 Å². The standard InChI is InChI=1S/C19H28N4O.HI/c1-2-20-19(21-14-18(24)22-11-6-7-12-22)23-13-10-17(15-23)16-8-4-3-5-9-16;/h3-5,8-9,17H,2,6-7,10-15H2,1H3,(H,20,21);1H. The largest absolute Gasteiger partial charge is 0.357 e. The van der Waals surface area contributed by atoms with E-state index in [1.807, 2.05) is 4.90 Å². The van der Waals surface area contributed by atoms with Gasteiger partial charge >= 0.3 is 0 Å². The number of carbonyl (C=O) groups is 1. The van der Waals surface area contributed by atoms with Crippen LogP contribution in [0.1, 0.15) is 37.7 Å². The lowest BCUT2D eigenvalue weighted by Crippen LogP contribution is -2.41. The number of benzene rings is 1. The van der Waals surface area contributed by atoms with Crippen LogP contribution in [0.3, 0.4) is 0 Å². The van der Waals surface area contributed by atoms with E-state index in [-0.39, 0.29) is 36.4 Å². The Morgan fingerprint density at radius 2 is 1.88 bits per heavy atom. The third-order valence-corrected chi connectivity index (χ3v) is 4.92. The Kier molecular flexibility index (Phi) is 7.99. The summed E-state index contributed by atoms with van der Waals surface area (Å²) in [4.78, 5) is 21.1. The molecule has 1 N–H and O–H groups in total. The topological polar surface area (TPSA) is 47.9 Å². The van der Waals surface area contributed by atoms with Crippen LogP contribution < -0.4 is 5.32 Å². The number of guanidine groups is 1. The highest BCUT2D eigenvalue weighted by Crippen LogP contribution is 2.26. The number of aliphatic imine (C=N–C) groups is 1. The minimum atomic E-state index is 0. The second-order valence-corrected chi connectivity index (χ2v) is 6.60. The summed E-state index contributed by atoms with van der Waals surface area (Å²) in [5.41, 5.74) is 1.39. The minimum absolute atomic E-state index is 0. The maximum atomic E-state index is 12.2. The van der Waals surface area contributed by atoms with Crippen molar-refractivity contribution in [2.24, 2.45) is 4.99 Å². The van der Waals surface area contributed by atoms with Gasteiger partial charge in [-0.3, -0.25) is 4.79 Å². The van der Waals surface area contributed by atoms with Gasteiger partial charge in [-0.2, -0.15) is 0 Å². The number of halogens is 1. The highest BCUT2D eigenvalue weighted by Gasteiger charge is 2.26. The van der Waals surface area contributed by atoms with Gasteiger partial charge in [0, 0.05) is 38.6 Å². The summed E-state index contributed by atoms with van der Waals surface area (Å²) < 4.78 is 0. The van der Waals surface area contributed by atoms with Crippen LogP contribution in [0.5, 0.6) is 0 Å². The maximum Gasteiger partial charge on any atom is 0.244 e. The molecule has 0 radical (unpaired) electrons. The summed E-state index contributed by atoms with van der Waals surface area (Å²) in [5, 5.41) is 3.35. The first-order valence-corrected chi connectivity index (χ1v) is 9.14. The second kappa shape index (κ2) is 9.99. The first kappa shape index (κ1) is 20.0. The molecule has 1 atom stereocenters. The quantitative estimate of drug-likeness (QED) is 0.431. The Balaban J connectivity index is 0.00000225. The van der Waals surface area contributed by atoms with Gasteiger partial charge in [-0.25, -0.2) is 4.99 Å². The van der Waals surface area contributed by atoms with Gasteiger partial charge in [-0.1, -0.05) is 30.3 Å². The van der Waals surface area contributed by atoms with Crippen LogP contribution in [0.15, 0.2) is 35.3 Å². The van der Waals surface area contributed by atoms with Crippen molar-refractivity contribution in [2.75, 3.05) is 39.3 Å². The SMILES string of the molecule is CCNC(=NCC(=O)N1CCCC1)N1CCC(c2ccccc2)C1.I. The number of nitrogens with zero attached hydrogens (tertiary/aromatic N) is 3. The van der Waals surface area contributed by atoms with Crippen molar-refractivity contribution in [3.63, 3.8) is 0 Å². The molecule has 5 nitrogen and oxygen atoms in total. The van der Waals surface area contributed by atoms with Crippen molar-refractivity contribution in [2.45, 2.75) is 32.1 Å². The molecule has 138 valence electrons. The van der Waals surface area contributed by atoms with E-state index < -0.39 is 0 Å². The highest BCUT2D eigenvalue weighted by atomic mass is 127. The number of carbonyl (C=O) groups excluding carboxylic acids is 1. The van der Waals surface area contributed by atoms with Crippen LogP contribution in [0.2, 0.25) is 0 Å². The third-order valence-electron chi connectivity index (χ3n) is 4.92. The molecule has 3 rings (SSSR count). The fourth-order valence-electron chi connectivity index (χ4n) is 3.58. The molecule has 2 saturated heterocycles. The predicted octanol–water partition coefficient (Wildman–Crippen LogP) is 2.68. The predicted molar refractivity (Wildman–Crippen MR) is 113 cm³/mol. The molecule has 0 aliphatic carbocycles. The Bertz CT molecular complexity index is 572. The van der Waals surface area contributed by atoms with Crippen LogP contribution in [-0.4, -0.2) is 60.9 Å². The molecular formula is C19H29IN4O. The molecule has 1 unspecified atom stereocenters. The molecule has 0 aromatic heterocycles. The Morgan fingerprint density at radius 1 is 1.16 bits per heavy atom. The van der Waals surface area contributed by atoms with Crippen molar-refractivity contribution in [1.29, 1.82) is 0 Å². The molecule has 0 spiro atoms. The summed E-state index contributed by atoms with van der Waals surface area (Å²) in [6.07, 6.45) is 3.38. The molecule has 25 heavy (non-hydrogen) atoms. The van der Waals surface area contributed by atoms with E-state index in [2.05, 4.69) is 52.5 Å². The number of rotatable bonds is 4. The average Bonchev–Trinajstić information content (AvgIpc) is 3.30. The fourth-order valence-corrected chi connectivity index (χ4v) is 3.58. The van der Waals surface area contributed by atoms with Gasteiger partial charge in [0.1, 0.15) is 6.54 Å². The molecule has 1 aromatic rings. The molecule has 2 fully saturated rings. The number of nitrogens with one attached hydrogen (secondary N) is 1. The van der Waals surface area contributed by atoms with E-state index in [4.69, 9.17) is 0 Å². The normalized spacial score (nSPS) is 20.5. The van der Waals surface area contributed by atoms with Gasteiger partial charge in [0.25, 0.3) is 0 Å². The van der Waals surface area contributed by atoms with Crippen molar-refractivity contribution in [1.82, 2.24) is 15.1 Å². The van der Waals surface area contributed by atoms with Crippen LogP contribution in [0.25, 0.3) is 0 Å². The molecule has 6 heteroatoms. The summed E-state index contributed by atoms with van der Waals surface area (Å²) >= 11 is 0. The van der Waals surface area contributed by atoms with Crippen molar-refractivity contribution < 1.29 is 4.79 Å². The van der Waals surface area contributed by atoms with Crippen LogP contribution in [-0.2, 0) is 4.79 Å². The van der Waals surface area contributed by atoms with E-state index in [1.165, 1.54) is 5.56 Å². The number of hydrogen-bond acceptors (Lipinski definition) is 2. The lowest BCUT2D eigenvalue weighted by molar-refractivity contribution is -0.128. The fraction of sp³-hybridized carbons (Fsp3) is 0.579. The van der Waals surface area contributed by atoms with E-state index in [0.717, 1.165) is 57.9 Å². The maximum absolute atomic E-state index is 12.2. The third kappa shape index (κ3) is 5.33. The Morgan fingerprint density at radius 3 is 2.56 bits per heavy atom. The van der Waals surface area contributed by atoms with Crippen molar-refractivity contribution in [3.05, 3.63) is 35.9 Å². The molecule has 1 aromatic carbocycles. The second-order valence-electron chi connectivity index (χ2n) is 6.60. The van der Waals surface area contributed by atoms with Crippen LogP contribution in [0.4, 0.5) is 0 Å².